The van der Waals surface area contributed by atoms with Gasteiger partial charge in [0.05, 0.1) is 112 Å². The summed E-state index contributed by atoms with van der Waals surface area (Å²) in [4.78, 5) is 11.3. The van der Waals surface area contributed by atoms with Crippen LogP contribution < -0.4 is 0 Å². The van der Waals surface area contributed by atoms with Crippen molar-refractivity contribution in [2.24, 2.45) is 0 Å². The van der Waals surface area contributed by atoms with Crippen LogP contribution in [0.5, 0.6) is 0 Å². The third-order valence-electron chi connectivity index (χ3n) is 3.85. The van der Waals surface area contributed by atoms with Crippen molar-refractivity contribution in [3.63, 3.8) is 0 Å². The normalized spacial score (nSPS) is 11.2. The van der Waals surface area contributed by atoms with Crippen LogP contribution in [0.15, 0.2) is 12.2 Å². The molecule has 0 saturated heterocycles. The number of ether oxygens (including phenoxy) is 9. The summed E-state index contributed by atoms with van der Waals surface area (Å²) in [6, 6.07) is 0. The Balaban J connectivity index is 3.05. The average molecular weight is 513 g/mol. The molecule has 0 atom stereocenters. The zero-order chi connectivity index (χ0) is 25.0. The topological polar surface area (TPSA) is 100 Å². The van der Waals surface area contributed by atoms with Crippen molar-refractivity contribution in [2.45, 2.75) is 6.92 Å². The Kier molecular flexibility index (Phi) is 28.1. The molecule has 34 heavy (non-hydrogen) atoms. The monoisotopic (exact) mass is 512 g/mol. The lowest BCUT2D eigenvalue weighted by Gasteiger charge is -2.08. The maximum Gasteiger partial charge on any atom is 0.214 e. The molecule has 0 amide bonds. The second-order valence-electron chi connectivity index (χ2n) is 6.81. The molecule has 10 nitrogen and oxygen atoms in total. The zero-order valence-electron chi connectivity index (χ0n) is 20.9. The third kappa shape index (κ3) is 27.6. The Morgan fingerprint density at radius 3 is 1.06 bits per heavy atom. The van der Waals surface area contributed by atoms with E-state index in [0.717, 1.165) is 0 Å². The second-order valence-corrected chi connectivity index (χ2v) is 7.88. The van der Waals surface area contributed by atoms with Gasteiger partial charge in [-0.25, -0.2) is 0 Å². The number of carbonyl (C=O) groups excluding carboxylic acids is 1. The van der Waals surface area contributed by atoms with Crippen LogP contribution in [0.1, 0.15) is 6.92 Å². The first kappa shape index (κ1) is 33.4. The van der Waals surface area contributed by atoms with Gasteiger partial charge >= 0.3 is 0 Å². The van der Waals surface area contributed by atoms with E-state index in [1.807, 2.05) is 0 Å². The average Bonchev–Trinajstić information content (AvgIpc) is 2.83. The quantitative estimate of drug-likeness (QED) is 0.113. The fourth-order valence-corrected chi connectivity index (χ4v) is 2.73. The fourth-order valence-electron chi connectivity index (χ4n) is 2.10. The lowest BCUT2D eigenvalue weighted by Crippen LogP contribution is -2.15. The van der Waals surface area contributed by atoms with E-state index < -0.39 is 0 Å². The molecular formula is C23H44O10S. The largest absolute Gasteiger partial charge is 0.382 e. The molecule has 0 aliphatic carbocycles. The van der Waals surface area contributed by atoms with Gasteiger partial charge in [0.1, 0.15) is 0 Å². The number of thioether (sulfide) groups is 1. The van der Waals surface area contributed by atoms with E-state index >= 15 is 0 Å². The van der Waals surface area contributed by atoms with Crippen LogP contribution in [-0.4, -0.2) is 130 Å². The first-order valence-electron chi connectivity index (χ1n) is 11.6. The Morgan fingerprint density at radius 2 is 0.794 bits per heavy atom. The molecular weight excluding hydrogens is 468 g/mol. The molecule has 0 spiro atoms. The van der Waals surface area contributed by atoms with Gasteiger partial charge in [-0.3, -0.25) is 4.79 Å². The summed E-state index contributed by atoms with van der Waals surface area (Å²) in [7, 11) is 1.64. The van der Waals surface area contributed by atoms with Crippen molar-refractivity contribution in [3.05, 3.63) is 12.2 Å². The number of hydrogen-bond acceptors (Lipinski definition) is 11. The Bertz CT molecular complexity index is 453. The fraction of sp³-hybridized carbons (Fsp3) is 0.870. The molecule has 0 N–H and O–H groups in total. The van der Waals surface area contributed by atoms with Crippen LogP contribution in [0, 0.1) is 0 Å². The SMILES string of the molecule is C=C(C)C(=O)SCCOCCOCCOCCOCCOCCOCCOCCOCCOC. The minimum atomic E-state index is 0.00726. The lowest BCUT2D eigenvalue weighted by molar-refractivity contribution is -0.107. The van der Waals surface area contributed by atoms with Gasteiger partial charge in [0.25, 0.3) is 0 Å². The molecule has 0 aliphatic rings. The van der Waals surface area contributed by atoms with Gasteiger partial charge in [-0.2, -0.15) is 0 Å². The van der Waals surface area contributed by atoms with Crippen molar-refractivity contribution >= 4 is 16.9 Å². The Labute approximate surface area is 208 Å². The number of methoxy groups -OCH3 is 1. The maximum atomic E-state index is 11.3. The van der Waals surface area contributed by atoms with Crippen molar-refractivity contribution < 1.29 is 47.4 Å². The Morgan fingerprint density at radius 1 is 0.529 bits per heavy atom. The summed E-state index contributed by atoms with van der Waals surface area (Å²) in [6.45, 7) is 14.3. The van der Waals surface area contributed by atoms with Crippen LogP contribution in [0.3, 0.4) is 0 Å². The smallest absolute Gasteiger partial charge is 0.214 e. The molecule has 0 saturated carbocycles. The molecule has 0 heterocycles. The van der Waals surface area contributed by atoms with Gasteiger partial charge in [-0.15, -0.1) is 0 Å². The van der Waals surface area contributed by atoms with Gasteiger partial charge in [0.2, 0.25) is 5.12 Å². The molecule has 0 bridgehead atoms. The first-order valence-corrected chi connectivity index (χ1v) is 12.6. The van der Waals surface area contributed by atoms with E-state index in [1.54, 1.807) is 14.0 Å². The van der Waals surface area contributed by atoms with E-state index in [2.05, 4.69) is 6.58 Å². The van der Waals surface area contributed by atoms with Crippen molar-refractivity contribution in [3.8, 4) is 0 Å². The number of rotatable bonds is 28. The summed E-state index contributed by atoms with van der Waals surface area (Å²) >= 11 is 1.22. The summed E-state index contributed by atoms with van der Waals surface area (Å²) in [6.07, 6.45) is 0. The van der Waals surface area contributed by atoms with E-state index in [0.29, 0.717) is 124 Å². The van der Waals surface area contributed by atoms with E-state index in [9.17, 15) is 4.79 Å². The van der Waals surface area contributed by atoms with Gasteiger partial charge in [0, 0.05) is 12.9 Å². The second kappa shape index (κ2) is 28.6. The molecule has 0 rings (SSSR count). The van der Waals surface area contributed by atoms with Crippen molar-refractivity contribution in [1.29, 1.82) is 0 Å². The number of hydrogen-bond donors (Lipinski definition) is 0. The summed E-state index contributed by atoms with van der Waals surface area (Å²) < 4.78 is 48.0. The number of carbonyl (C=O) groups is 1. The Hall–Kier alpha value is -0.600. The summed E-state index contributed by atoms with van der Waals surface area (Å²) in [5.41, 5.74) is 0.558. The van der Waals surface area contributed by atoms with Crippen LogP contribution in [-0.2, 0) is 47.4 Å². The highest BCUT2D eigenvalue weighted by Crippen LogP contribution is 2.07. The highest BCUT2D eigenvalue weighted by Gasteiger charge is 2.02. The molecule has 0 radical (unpaired) electrons. The van der Waals surface area contributed by atoms with Gasteiger partial charge in [-0.1, -0.05) is 18.3 Å². The van der Waals surface area contributed by atoms with Crippen LogP contribution in [0.4, 0.5) is 0 Å². The summed E-state index contributed by atoms with van der Waals surface area (Å²) in [5, 5.41) is 0.00726. The minimum absolute atomic E-state index is 0.00726. The minimum Gasteiger partial charge on any atom is -0.382 e. The predicted octanol–water partition coefficient (Wildman–Crippen LogP) is 1.60. The van der Waals surface area contributed by atoms with Gasteiger partial charge < -0.3 is 42.6 Å². The molecule has 11 heteroatoms. The molecule has 0 unspecified atom stereocenters. The third-order valence-corrected chi connectivity index (χ3v) is 4.83. The molecule has 0 aliphatic heterocycles. The first-order chi connectivity index (χ1) is 16.7. The molecule has 0 aromatic carbocycles. The van der Waals surface area contributed by atoms with E-state index in [1.165, 1.54) is 11.8 Å². The highest BCUT2D eigenvalue weighted by atomic mass is 32.2. The van der Waals surface area contributed by atoms with Crippen LogP contribution in [0.25, 0.3) is 0 Å². The van der Waals surface area contributed by atoms with E-state index in [-0.39, 0.29) is 5.12 Å². The standard InChI is InChI=1S/C23H44O10S/c1-22(2)23(24)34-21-20-33-19-18-32-17-16-31-15-14-30-13-12-29-11-10-28-9-8-27-7-6-26-5-4-25-3/h1,4-21H2,2-3H3. The molecule has 0 aromatic rings. The highest BCUT2D eigenvalue weighted by molar-refractivity contribution is 8.14. The van der Waals surface area contributed by atoms with Crippen LogP contribution in [0.2, 0.25) is 0 Å². The lowest BCUT2D eigenvalue weighted by atomic mass is 10.4. The summed E-state index contributed by atoms with van der Waals surface area (Å²) in [5.74, 6) is 0.621. The molecule has 202 valence electrons. The van der Waals surface area contributed by atoms with Crippen LogP contribution >= 0.6 is 11.8 Å². The molecule has 0 fully saturated rings. The maximum absolute atomic E-state index is 11.3. The van der Waals surface area contributed by atoms with E-state index in [4.69, 9.17) is 42.6 Å². The van der Waals surface area contributed by atoms with Crippen molar-refractivity contribution in [2.75, 3.05) is 125 Å². The zero-order valence-corrected chi connectivity index (χ0v) is 21.7. The predicted molar refractivity (Wildman–Crippen MR) is 131 cm³/mol. The van der Waals surface area contributed by atoms with Gasteiger partial charge in [0.15, 0.2) is 0 Å². The van der Waals surface area contributed by atoms with Gasteiger partial charge in [-0.05, 0) is 12.5 Å². The molecule has 0 aromatic heterocycles. The van der Waals surface area contributed by atoms with Crippen molar-refractivity contribution in [1.82, 2.24) is 0 Å².